The number of rotatable bonds is 5. The molecule has 1 aliphatic carbocycles. The molecule has 1 fully saturated rings. The Labute approximate surface area is 102 Å². The monoisotopic (exact) mass is 241 g/mol. The first-order valence-electron chi connectivity index (χ1n) is 6.31. The van der Waals surface area contributed by atoms with E-state index >= 15 is 0 Å². The van der Waals surface area contributed by atoms with Crippen molar-refractivity contribution >= 4 is 11.7 Å². The Balaban J connectivity index is 2.52. The first-order valence-corrected chi connectivity index (χ1v) is 6.31. The summed E-state index contributed by atoms with van der Waals surface area (Å²) >= 11 is 0. The van der Waals surface area contributed by atoms with Crippen LogP contribution in [0, 0.1) is 5.92 Å². The van der Waals surface area contributed by atoms with Crippen LogP contribution in [-0.4, -0.2) is 22.5 Å². The topological polar surface area (TPSA) is 87.7 Å². The summed E-state index contributed by atoms with van der Waals surface area (Å²) < 4.78 is 0. The van der Waals surface area contributed by atoms with E-state index in [1.54, 1.807) is 6.92 Å². The van der Waals surface area contributed by atoms with Gasteiger partial charge in [-0.1, -0.05) is 24.9 Å². The molecular weight excluding hydrogens is 218 g/mol. The van der Waals surface area contributed by atoms with Gasteiger partial charge in [0.2, 0.25) is 5.91 Å². The van der Waals surface area contributed by atoms with Gasteiger partial charge in [-0.05, 0) is 32.1 Å². The second kappa shape index (κ2) is 5.89. The Hall–Kier alpha value is -1.26. The molecule has 0 aromatic carbocycles. The summed E-state index contributed by atoms with van der Waals surface area (Å²) in [5, 5.41) is 14.6. The lowest BCUT2D eigenvalue weighted by Gasteiger charge is -2.28. The smallest absolute Gasteiger partial charge is 0.221 e. The molecule has 1 rings (SSSR count). The molecule has 5 heteroatoms. The second-order valence-electron chi connectivity index (χ2n) is 5.07. The highest BCUT2D eigenvalue weighted by Crippen LogP contribution is 2.27. The molecule has 0 bridgehead atoms. The zero-order chi connectivity index (χ0) is 12.9. The first-order chi connectivity index (χ1) is 8.01. The minimum Gasteiger partial charge on any atom is -0.409 e. The lowest BCUT2D eigenvalue weighted by atomic mass is 9.96. The van der Waals surface area contributed by atoms with Gasteiger partial charge in [0.15, 0.2) is 5.84 Å². The fraction of sp³-hybridized carbons (Fsp3) is 0.833. The maximum Gasteiger partial charge on any atom is 0.221 e. The van der Waals surface area contributed by atoms with Crippen LogP contribution >= 0.6 is 0 Å². The molecule has 1 unspecified atom stereocenters. The molecule has 0 aromatic rings. The van der Waals surface area contributed by atoms with Crippen molar-refractivity contribution in [3.63, 3.8) is 0 Å². The number of carbonyl (C=O) groups is 1. The molecule has 98 valence electrons. The van der Waals surface area contributed by atoms with Gasteiger partial charge < -0.3 is 16.3 Å². The number of carbonyl (C=O) groups excluding carboxylic acids is 1. The van der Waals surface area contributed by atoms with Crippen LogP contribution in [0.2, 0.25) is 0 Å². The third kappa shape index (κ3) is 3.61. The van der Waals surface area contributed by atoms with Crippen molar-refractivity contribution < 1.29 is 10.0 Å². The van der Waals surface area contributed by atoms with Crippen LogP contribution in [0.25, 0.3) is 0 Å². The SMILES string of the molecule is CCC(C)(NC(=O)CC1CCCC1)/C(N)=N/O. The highest BCUT2D eigenvalue weighted by molar-refractivity contribution is 5.93. The molecule has 0 heterocycles. The molecular formula is C12H23N3O2. The Kier molecular flexibility index (Phi) is 4.78. The third-order valence-corrected chi connectivity index (χ3v) is 3.74. The summed E-state index contributed by atoms with van der Waals surface area (Å²) in [4.78, 5) is 11.9. The van der Waals surface area contributed by atoms with E-state index in [0.29, 0.717) is 18.8 Å². The molecule has 0 radical (unpaired) electrons. The fourth-order valence-corrected chi connectivity index (χ4v) is 2.28. The van der Waals surface area contributed by atoms with Gasteiger partial charge in [0.1, 0.15) is 0 Å². The predicted octanol–water partition coefficient (Wildman–Crippen LogP) is 1.60. The quantitative estimate of drug-likeness (QED) is 0.296. The van der Waals surface area contributed by atoms with Crippen molar-refractivity contribution in [3.05, 3.63) is 0 Å². The first kappa shape index (κ1) is 13.8. The molecule has 1 saturated carbocycles. The van der Waals surface area contributed by atoms with Crippen molar-refractivity contribution in [3.8, 4) is 0 Å². The molecule has 0 aromatic heterocycles. The van der Waals surface area contributed by atoms with Crippen LogP contribution in [0.4, 0.5) is 0 Å². The van der Waals surface area contributed by atoms with Crippen molar-refractivity contribution in [1.29, 1.82) is 0 Å². The van der Waals surface area contributed by atoms with Gasteiger partial charge in [-0.15, -0.1) is 0 Å². The maximum absolute atomic E-state index is 11.9. The van der Waals surface area contributed by atoms with Crippen molar-refractivity contribution in [2.75, 3.05) is 0 Å². The summed E-state index contributed by atoms with van der Waals surface area (Å²) in [6, 6.07) is 0. The Morgan fingerprint density at radius 1 is 1.53 bits per heavy atom. The third-order valence-electron chi connectivity index (χ3n) is 3.74. The van der Waals surface area contributed by atoms with Crippen LogP contribution in [-0.2, 0) is 4.79 Å². The van der Waals surface area contributed by atoms with Gasteiger partial charge in [0.25, 0.3) is 0 Å². The number of hydrogen-bond acceptors (Lipinski definition) is 3. The molecule has 17 heavy (non-hydrogen) atoms. The van der Waals surface area contributed by atoms with Gasteiger partial charge in [0.05, 0.1) is 5.54 Å². The predicted molar refractivity (Wildman–Crippen MR) is 66.8 cm³/mol. The van der Waals surface area contributed by atoms with E-state index < -0.39 is 5.54 Å². The molecule has 1 amide bonds. The second-order valence-corrected chi connectivity index (χ2v) is 5.07. The lowest BCUT2D eigenvalue weighted by molar-refractivity contribution is -0.123. The van der Waals surface area contributed by atoms with Crippen molar-refractivity contribution in [2.24, 2.45) is 16.8 Å². The van der Waals surface area contributed by atoms with Crippen molar-refractivity contribution in [2.45, 2.75) is 57.9 Å². The highest BCUT2D eigenvalue weighted by Gasteiger charge is 2.30. The van der Waals surface area contributed by atoms with E-state index in [1.807, 2.05) is 6.92 Å². The minimum atomic E-state index is -0.746. The van der Waals surface area contributed by atoms with E-state index in [2.05, 4.69) is 10.5 Å². The molecule has 4 N–H and O–H groups in total. The standard InChI is InChI=1S/C12H23N3O2/c1-3-12(2,11(13)15-17)14-10(16)8-9-6-4-5-7-9/h9,17H,3-8H2,1-2H3,(H2,13,15)(H,14,16). The fourth-order valence-electron chi connectivity index (χ4n) is 2.28. The summed E-state index contributed by atoms with van der Waals surface area (Å²) in [5.41, 5.74) is 4.86. The van der Waals surface area contributed by atoms with Gasteiger partial charge in [-0.25, -0.2) is 0 Å². The van der Waals surface area contributed by atoms with E-state index in [0.717, 1.165) is 12.8 Å². The molecule has 1 aliphatic rings. The highest BCUT2D eigenvalue weighted by atomic mass is 16.4. The van der Waals surface area contributed by atoms with Gasteiger partial charge >= 0.3 is 0 Å². The number of nitrogens with one attached hydrogen (secondary N) is 1. The normalized spacial score (nSPS) is 21.2. The lowest BCUT2D eigenvalue weighted by Crippen LogP contribution is -2.55. The van der Waals surface area contributed by atoms with E-state index in [1.165, 1.54) is 12.8 Å². The Morgan fingerprint density at radius 2 is 2.12 bits per heavy atom. The van der Waals surface area contributed by atoms with Crippen LogP contribution in [0.5, 0.6) is 0 Å². The summed E-state index contributed by atoms with van der Waals surface area (Å²) in [7, 11) is 0. The summed E-state index contributed by atoms with van der Waals surface area (Å²) in [6.07, 6.45) is 5.87. The van der Waals surface area contributed by atoms with Crippen LogP contribution in [0.15, 0.2) is 5.16 Å². The van der Waals surface area contributed by atoms with Crippen molar-refractivity contribution in [1.82, 2.24) is 5.32 Å². The van der Waals surface area contributed by atoms with Crippen LogP contribution < -0.4 is 11.1 Å². The average Bonchev–Trinajstić information content (AvgIpc) is 2.80. The Morgan fingerprint density at radius 3 is 2.59 bits per heavy atom. The zero-order valence-electron chi connectivity index (χ0n) is 10.7. The van der Waals surface area contributed by atoms with E-state index in [9.17, 15) is 4.79 Å². The summed E-state index contributed by atoms with van der Waals surface area (Å²) in [6.45, 7) is 3.67. The number of amides is 1. The minimum absolute atomic E-state index is 0.00662. The maximum atomic E-state index is 11.9. The summed E-state index contributed by atoms with van der Waals surface area (Å²) in [5.74, 6) is 0.552. The molecule has 0 spiro atoms. The molecule has 5 nitrogen and oxygen atoms in total. The van der Waals surface area contributed by atoms with Gasteiger partial charge in [0, 0.05) is 6.42 Å². The number of nitrogens with zero attached hydrogens (tertiary/aromatic N) is 1. The number of oxime groups is 1. The van der Waals surface area contributed by atoms with Crippen LogP contribution in [0.1, 0.15) is 52.4 Å². The molecule has 1 atom stereocenters. The van der Waals surface area contributed by atoms with Gasteiger partial charge in [-0.2, -0.15) is 0 Å². The van der Waals surface area contributed by atoms with Gasteiger partial charge in [-0.3, -0.25) is 4.79 Å². The van der Waals surface area contributed by atoms with E-state index in [-0.39, 0.29) is 11.7 Å². The number of nitrogens with two attached hydrogens (primary N) is 1. The van der Waals surface area contributed by atoms with Crippen LogP contribution in [0.3, 0.4) is 0 Å². The number of hydrogen-bond donors (Lipinski definition) is 3. The largest absolute Gasteiger partial charge is 0.409 e. The number of amidine groups is 1. The zero-order valence-corrected chi connectivity index (χ0v) is 10.7. The Bertz CT molecular complexity index is 298. The molecule has 0 aliphatic heterocycles. The average molecular weight is 241 g/mol. The molecule has 0 saturated heterocycles. The van der Waals surface area contributed by atoms with E-state index in [4.69, 9.17) is 10.9 Å².